The zero-order chi connectivity index (χ0) is 16.9. The molecule has 1 amide bonds. The number of carbonyl (C=O) groups excluding carboxylic acids is 2. The first-order valence-electron chi connectivity index (χ1n) is 7.11. The molecule has 7 heteroatoms. The lowest BCUT2D eigenvalue weighted by Gasteiger charge is -2.39. The molecule has 0 aliphatic carbocycles. The molecule has 0 heterocycles. The lowest BCUT2D eigenvalue weighted by molar-refractivity contribution is -0.155. The first-order valence-corrected chi connectivity index (χ1v) is 10.0. The molecular formula is C14H29NO5Si. The average molecular weight is 319 g/mol. The maximum atomic E-state index is 11.9. The number of aliphatic hydroxyl groups is 1. The molecule has 0 bridgehead atoms. The highest BCUT2D eigenvalue weighted by atomic mass is 28.4. The number of amides is 1. The monoisotopic (exact) mass is 319 g/mol. The number of hydrogen-bond acceptors (Lipinski definition) is 5. The first-order chi connectivity index (χ1) is 9.39. The van der Waals surface area contributed by atoms with E-state index in [9.17, 15) is 14.7 Å². The molecule has 124 valence electrons. The van der Waals surface area contributed by atoms with Crippen LogP contribution < -0.4 is 5.32 Å². The average Bonchev–Trinajstić information content (AvgIpc) is 2.32. The van der Waals surface area contributed by atoms with Gasteiger partial charge in [-0.05, 0) is 32.0 Å². The van der Waals surface area contributed by atoms with Gasteiger partial charge in [0.1, 0.15) is 5.60 Å². The Morgan fingerprint density at radius 2 is 1.86 bits per heavy atom. The van der Waals surface area contributed by atoms with Crippen LogP contribution >= 0.6 is 0 Å². The van der Waals surface area contributed by atoms with E-state index in [1.165, 1.54) is 6.92 Å². The van der Waals surface area contributed by atoms with E-state index in [0.717, 1.165) is 0 Å². The highest BCUT2D eigenvalue weighted by Gasteiger charge is 2.43. The Labute approximate surface area is 128 Å². The molecule has 0 aliphatic rings. The largest absolute Gasteiger partial charge is 0.464 e. The fourth-order valence-electron chi connectivity index (χ4n) is 1.42. The SMILES string of the molecule is CCOC(=O)[C@@H](NC=O)[C@](C)(O)CO[Si](C)(C)C(C)(C)C. The highest BCUT2D eigenvalue weighted by Crippen LogP contribution is 2.37. The second kappa shape index (κ2) is 7.37. The predicted molar refractivity (Wildman–Crippen MR) is 83.4 cm³/mol. The molecule has 0 aromatic carbocycles. The van der Waals surface area contributed by atoms with Crippen LogP contribution in [0.15, 0.2) is 0 Å². The van der Waals surface area contributed by atoms with Crippen LogP contribution in [0.1, 0.15) is 34.6 Å². The van der Waals surface area contributed by atoms with Crippen LogP contribution in [0, 0.1) is 0 Å². The Kier molecular flexibility index (Phi) is 7.05. The third-order valence-electron chi connectivity index (χ3n) is 3.91. The van der Waals surface area contributed by atoms with E-state index in [1.807, 2.05) is 0 Å². The number of nitrogens with one attached hydrogen (secondary N) is 1. The standard InChI is InChI=1S/C14H29NO5Si/c1-8-19-12(17)11(15-10-16)14(5,18)9-20-21(6,7)13(2,3)4/h10-11,18H,8-9H2,1-7H3,(H,15,16)/t11-,14-/m1/s1. The van der Waals surface area contributed by atoms with Crippen molar-refractivity contribution < 1.29 is 23.9 Å². The Morgan fingerprint density at radius 3 is 2.24 bits per heavy atom. The molecule has 0 radical (unpaired) electrons. The third kappa shape index (κ3) is 5.76. The fourth-order valence-corrected chi connectivity index (χ4v) is 2.51. The van der Waals surface area contributed by atoms with Gasteiger partial charge in [0.2, 0.25) is 6.41 Å². The molecular weight excluding hydrogens is 290 g/mol. The number of ether oxygens (including phenoxy) is 1. The number of rotatable bonds is 8. The minimum absolute atomic E-state index is 0.0133. The lowest BCUT2D eigenvalue weighted by atomic mass is 9.98. The van der Waals surface area contributed by atoms with E-state index in [-0.39, 0.29) is 18.3 Å². The van der Waals surface area contributed by atoms with Gasteiger partial charge in [-0.1, -0.05) is 20.8 Å². The Morgan fingerprint density at radius 1 is 1.33 bits per heavy atom. The van der Waals surface area contributed by atoms with E-state index in [1.54, 1.807) is 6.92 Å². The van der Waals surface area contributed by atoms with E-state index in [2.05, 4.69) is 39.2 Å². The summed E-state index contributed by atoms with van der Waals surface area (Å²) in [4.78, 5) is 22.5. The van der Waals surface area contributed by atoms with Gasteiger partial charge in [-0.2, -0.15) is 0 Å². The summed E-state index contributed by atoms with van der Waals surface area (Å²) in [5.74, 6) is -0.673. The van der Waals surface area contributed by atoms with Crippen LogP contribution in [0.4, 0.5) is 0 Å². The van der Waals surface area contributed by atoms with Crippen LogP contribution in [0.5, 0.6) is 0 Å². The van der Waals surface area contributed by atoms with Crippen molar-refractivity contribution in [3.8, 4) is 0 Å². The maximum Gasteiger partial charge on any atom is 0.331 e. The molecule has 0 unspecified atom stereocenters. The van der Waals surface area contributed by atoms with Gasteiger partial charge in [-0.25, -0.2) is 4.79 Å². The number of carbonyl (C=O) groups is 2. The van der Waals surface area contributed by atoms with E-state index < -0.39 is 25.9 Å². The predicted octanol–water partition coefficient (Wildman–Crippen LogP) is 1.44. The van der Waals surface area contributed by atoms with Crippen LogP contribution in [-0.2, 0) is 18.8 Å². The minimum atomic E-state index is -2.06. The summed E-state index contributed by atoms with van der Waals surface area (Å²) < 4.78 is 10.8. The summed E-state index contributed by atoms with van der Waals surface area (Å²) in [6.45, 7) is 13.6. The van der Waals surface area contributed by atoms with E-state index in [4.69, 9.17) is 9.16 Å². The summed E-state index contributed by atoms with van der Waals surface area (Å²) in [5, 5.41) is 12.8. The van der Waals surface area contributed by atoms with Crippen LogP contribution in [-0.4, -0.2) is 50.7 Å². The van der Waals surface area contributed by atoms with E-state index in [0.29, 0.717) is 6.41 Å². The summed E-state index contributed by atoms with van der Waals surface area (Å²) in [6.07, 6.45) is 0.377. The molecule has 2 N–H and O–H groups in total. The van der Waals surface area contributed by atoms with Gasteiger partial charge in [0.25, 0.3) is 0 Å². The third-order valence-corrected chi connectivity index (χ3v) is 8.39. The van der Waals surface area contributed by atoms with Gasteiger partial charge < -0.3 is 19.6 Å². The van der Waals surface area contributed by atoms with Gasteiger partial charge in [0, 0.05) is 0 Å². The summed E-state index contributed by atoms with van der Waals surface area (Å²) in [6, 6.07) is -1.15. The maximum absolute atomic E-state index is 11.9. The summed E-state index contributed by atoms with van der Waals surface area (Å²) in [5.41, 5.74) is -1.54. The van der Waals surface area contributed by atoms with E-state index >= 15 is 0 Å². The Hall–Kier alpha value is -0.923. The van der Waals surface area contributed by atoms with Crippen molar-refractivity contribution >= 4 is 20.7 Å². The van der Waals surface area contributed by atoms with Crippen molar-refractivity contribution in [3.63, 3.8) is 0 Å². The highest BCUT2D eigenvalue weighted by molar-refractivity contribution is 6.74. The zero-order valence-electron chi connectivity index (χ0n) is 14.1. The second-order valence-electron chi connectivity index (χ2n) is 6.88. The van der Waals surface area contributed by atoms with Crippen LogP contribution in [0.25, 0.3) is 0 Å². The van der Waals surface area contributed by atoms with Gasteiger partial charge in [0.05, 0.1) is 13.2 Å². The molecule has 0 saturated heterocycles. The molecule has 6 nitrogen and oxygen atoms in total. The van der Waals surface area contributed by atoms with Gasteiger partial charge in [0.15, 0.2) is 14.4 Å². The summed E-state index contributed by atoms with van der Waals surface area (Å²) in [7, 11) is -2.06. The molecule has 0 aromatic rings. The van der Waals surface area contributed by atoms with Crippen molar-refractivity contribution in [2.24, 2.45) is 0 Å². The molecule has 21 heavy (non-hydrogen) atoms. The Balaban J connectivity index is 4.98. The molecule has 0 spiro atoms. The zero-order valence-corrected chi connectivity index (χ0v) is 15.1. The molecule has 0 fully saturated rings. The molecule has 0 aromatic heterocycles. The van der Waals surface area contributed by atoms with Crippen molar-refractivity contribution in [2.45, 2.75) is 64.4 Å². The van der Waals surface area contributed by atoms with Crippen molar-refractivity contribution in [1.29, 1.82) is 0 Å². The van der Waals surface area contributed by atoms with Gasteiger partial charge in [-0.3, -0.25) is 4.79 Å². The Bertz CT molecular complexity index is 363. The molecule has 0 saturated carbocycles. The smallest absolute Gasteiger partial charge is 0.331 e. The lowest BCUT2D eigenvalue weighted by Crippen LogP contribution is -2.58. The molecule has 0 aliphatic heterocycles. The van der Waals surface area contributed by atoms with Gasteiger partial charge in [-0.15, -0.1) is 0 Å². The normalized spacial score (nSPS) is 16.8. The van der Waals surface area contributed by atoms with Crippen LogP contribution in [0.3, 0.4) is 0 Å². The topological polar surface area (TPSA) is 84.9 Å². The van der Waals surface area contributed by atoms with Crippen molar-refractivity contribution in [3.05, 3.63) is 0 Å². The van der Waals surface area contributed by atoms with Crippen molar-refractivity contribution in [2.75, 3.05) is 13.2 Å². The fraction of sp³-hybridized carbons (Fsp3) is 0.857. The summed E-state index contributed by atoms with van der Waals surface area (Å²) >= 11 is 0. The molecule has 2 atom stereocenters. The minimum Gasteiger partial charge on any atom is -0.464 e. The number of esters is 1. The number of hydrogen-bond donors (Lipinski definition) is 2. The quantitative estimate of drug-likeness (QED) is 0.402. The van der Waals surface area contributed by atoms with Crippen LogP contribution in [0.2, 0.25) is 18.1 Å². The first kappa shape index (κ1) is 20.1. The van der Waals surface area contributed by atoms with Gasteiger partial charge >= 0.3 is 5.97 Å². The van der Waals surface area contributed by atoms with Crippen molar-refractivity contribution in [1.82, 2.24) is 5.32 Å². The second-order valence-corrected chi connectivity index (χ2v) is 11.7. The molecule has 0 rings (SSSR count).